The van der Waals surface area contributed by atoms with Crippen LogP contribution in [0.25, 0.3) is 0 Å². The van der Waals surface area contributed by atoms with E-state index in [0.29, 0.717) is 37.1 Å². The molecule has 8 heteroatoms. The van der Waals surface area contributed by atoms with Crippen molar-refractivity contribution < 1.29 is 19.2 Å². The Morgan fingerprint density at radius 2 is 0.741 bits per heavy atom. The summed E-state index contributed by atoms with van der Waals surface area (Å²) >= 11 is 2.55. The summed E-state index contributed by atoms with van der Waals surface area (Å²) in [4.78, 5) is 56.8. The van der Waals surface area contributed by atoms with E-state index in [9.17, 15) is 19.2 Å². The van der Waals surface area contributed by atoms with Gasteiger partial charge in [0.2, 0.25) is 23.1 Å². The van der Waals surface area contributed by atoms with E-state index < -0.39 is 0 Å². The Bertz CT molecular complexity index is 1740. The predicted molar refractivity (Wildman–Crippen MR) is 243 cm³/mol. The Morgan fingerprint density at radius 1 is 0.448 bits per heavy atom. The average molecular weight is 817 g/mol. The van der Waals surface area contributed by atoms with E-state index in [2.05, 4.69) is 13.8 Å². The Balaban J connectivity index is 1.24. The molecule has 2 amide bonds. The van der Waals surface area contributed by atoms with Gasteiger partial charge in [0.15, 0.2) is 0 Å². The van der Waals surface area contributed by atoms with Gasteiger partial charge >= 0.3 is 0 Å². The fraction of sp³-hybridized carbons (Fsp3) is 0.360. The van der Waals surface area contributed by atoms with Gasteiger partial charge in [-0.15, -0.1) is 0 Å². The van der Waals surface area contributed by atoms with Gasteiger partial charge in [-0.1, -0.05) is 187 Å². The molecule has 58 heavy (non-hydrogen) atoms. The zero-order valence-corrected chi connectivity index (χ0v) is 36.0. The summed E-state index contributed by atoms with van der Waals surface area (Å²) in [7, 11) is 0. The molecule has 306 valence electrons. The number of carbonyl (C=O) groups is 4. The van der Waals surface area contributed by atoms with Gasteiger partial charge in [0.25, 0.3) is 0 Å². The van der Waals surface area contributed by atoms with Crippen molar-refractivity contribution in [2.45, 2.75) is 117 Å². The van der Waals surface area contributed by atoms with Crippen LogP contribution in [-0.4, -0.2) is 32.9 Å². The smallest absolute Gasteiger partial charge is 0.223 e. The Labute approximate surface area is 355 Å². The minimum Gasteiger partial charge on any atom is -0.314 e. The average Bonchev–Trinajstić information content (AvgIpc) is 3.27. The molecule has 0 radical (unpaired) electrons. The van der Waals surface area contributed by atoms with E-state index >= 15 is 0 Å². The van der Waals surface area contributed by atoms with E-state index in [4.69, 9.17) is 0 Å². The maximum Gasteiger partial charge on any atom is 0.223 e. The molecule has 0 spiro atoms. The van der Waals surface area contributed by atoms with Crippen molar-refractivity contribution >= 4 is 46.6 Å². The topological polar surface area (TPSA) is 74.8 Å². The lowest BCUT2D eigenvalue weighted by Gasteiger charge is -2.24. The van der Waals surface area contributed by atoms with Crippen LogP contribution in [0.1, 0.15) is 136 Å². The standard InChI is InChI=1S/C50H60N2O4S2/c1-3-45(51(39-53)37-41-27-17-13-18-28-41)47(57-49(55)43-31-21-15-22-32-43)35-25-11-9-7-5-6-8-10-12-26-36-48(58-50(56)44-33-23-16-24-34-44)46(4-2)52(40-54)38-42-29-19-14-20-30-42/h13-24,27-34,39-40H,3-12,25-26,35-38H2,1-2H3/b47-45+,48-46+. The lowest BCUT2D eigenvalue weighted by atomic mass is 10.0. The summed E-state index contributed by atoms with van der Waals surface area (Å²) in [5.74, 6) is 0. The Hall–Kier alpha value is -4.66. The van der Waals surface area contributed by atoms with Crippen LogP contribution in [0.2, 0.25) is 0 Å². The maximum absolute atomic E-state index is 13.3. The highest BCUT2D eigenvalue weighted by Crippen LogP contribution is 2.34. The minimum atomic E-state index is 0.00980. The highest BCUT2D eigenvalue weighted by atomic mass is 32.2. The Morgan fingerprint density at radius 3 is 1.03 bits per heavy atom. The predicted octanol–water partition coefficient (Wildman–Crippen LogP) is 13.4. The van der Waals surface area contributed by atoms with Crippen LogP contribution in [0.15, 0.2) is 143 Å². The zero-order chi connectivity index (χ0) is 41.2. The van der Waals surface area contributed by atoms with Crippen molar-refractivity contribution in [2.75, 3.05) is 0 Å². The second-order valence-corrected chi connectivity index (χ2v) is 16.6. The number of amides is 2. The van der Waals surface area contributed by atoms with Crippen molar-refractivity contribution in [3.63, 3.8) is 0 Å². The molecule has 0 bridgehead atoms. The molecule has 6 nitrogen and oxygen atoms in total. The monoisotopic (exact) mass is 816 g/mol. The number of benzene rings is 4. The lowest BCUT2D eigenvalue weighted by Crippen LogP contribution is -2.22. The van der Waals surface area contributed by atoms with Gasteiger partial charge in [0.1, 0.15) is 0 Å². The molecule has 4 rings (SSSR count). The zero-order valence-electron chi connectivity index (χ0n) is 34.4. The van der Waals surface area contributed by atoms with Crippen molar-refractivity contribution in [2.24, 2.45) is 0 Å². The third kappa shape index (κ3) is 15.9. The van der Waals surface area contributed by atoms with Crippen LogP contribution in [0.4, 0.5) is 0 Å². The number of hydrogen-bond donors (Lipinski definition) is 0. The molecule has 0 atom stereocenters. The molecule has 0 aliphatic rings. The quantitative estimate of drug-likeness (QED) is 0.0441. The summed E-state index contributed by atoms with van der Waals surface area (Å²) in [6.07, 6.45) is 15.8. The maximum atomic E-state index is 13.3. The molecule has 0 aliphatic carbocycles. The number of unbranched alkanes of at least 4 members (excludes halogenated alkanes) is 9. The number of thioether (sulfide) groups is 2. The third-order valence-corrected chi connectivity index (χ3v) is 12.4. The third-order valence-electron chi connectivity index (χ3n) is 10.2. The van der Waals surface area contributed by atoms with Gasteiger partial charge in [-0.2, -0.15) is 0 Å². The molecule has 0 saturated heterocycles. The fourth-order valence-electron chi connectivity index (χ4n) is 7.06. The second-order valence-electron chi connectivity index (χ2n) is 14.4. The lowest BCUT2D eigenvalue weighted by molar-refractivity contribution is -0.117. The van der Waals surface area contributed by atoms with Gasteiger partial charge in [-0.3, -0.25) is 19.2 Å². The van der Waals surface area contributed by atoms with E-state index in [-0.39, 0.29) is 10.2 Å². The number of hydrogen-bond acceptors (Lipinski definition) is 6. The largest absolute Gasteiger partial charge is 0.314 e. The highest BCUT2D eigenvalue weighted by Gasteiger charge is 2.20. The molecular formula is C50H60N2O4S2. The van der Waals surface area contributed by atoms with Gasteiger partial charge in [-0.25, -0.2) is 0 Å². The molecule has 0 unspecified atom stereocenters. The first-order valence-corrected chi connectivity index (χ1v) is 22.6. The molecule has 0 N–H and O–H groups in total. The van der Waals surface area contributed by atoms with E-state index in [1.54, 1.807) is 9.80 Å². The van der Waals surface area contributed by atoms with E-state index in [1.165, 1.54) is 49.2 Å². The summed E-state index contributed by atoms with van der Waals surface area (Å²) in [6.45, 7) is 5.08. The highest BCUT2D eigenvalue weighted by molar-refractivity contribution is 8.17. The van der Waals surface area contributed by atoms with Gasteiger partial charge in [0, 0.05) is 32.3 Å². The summed E-state index contributed by atoms with van der Waals surface area (Å²) in [5.41, 5.74) is 5.31. The van der Waals surface area contributed by atoms with E-state index in [0.717, 1.165) is 96.5 Å². The summed E-state index contributed by atoms with van der Waals surface area (Å²) in [6, 6.07) is 38.7. The second kappa shape index (κ2) is 27.1. The molecule has 0 saturated carbocycles. The van der Waals surface area contributed by atoms with Gasteiger partial charge < -0.3 is 9.80 Å². The summed E-state index contributed by atoms with van der Waals surface area (Å²) < 4.78 is 0. The van der Waals surface area contributed by atoms with Crippen molar-refractivity contribution in [3.8, 4) is 0 Å². The van der Waals surface area contributed by atoms with Crippen LogP contribution in [-0.2, 0) is 22.7 Å². The molecule has 0 fully saturated rings. The van der Waals surface area contributed by atoms with Crippen LogP contribution < -0.4 is 0 Å². The molecule has 0 aromatic heterocycles. The molecule has 4 aromatic rings. The van der Waals surface area contributed by atoms with Crippen LogP contribution >= 0.6 is 23.5 Å². The first-order valence-electron chi connectivity index (χ1n) is 21.0. The number of rotatable bonds is 27. The molecule has 4 aromatic carbocycles. The first kappa shape index (κ1) is 46.0. The summed E-state index contributed by atoms with van der Waals surface area (Å²) in [5, 5.41) is 0.0196. The van der Waals surface area contributed by atoms with Crippen molar-refractivity contribution in [1.82, 2.24) is 9.80 Å². The SMILES string of the molecule is CC/C(=C(/CCCCCCCCCCCC/C(SC(=O)c1ccccc1)=C(/CC)N(C=O)Cc1ccccc1)SC(=O)c1ccccc1)N(C=O)Cc1ccccc1. The van der Waals surface area contributed by atoms with Crippen molar-refractivity contribution in [1.29, 1.82) is 0 Å². The molecule has 0 aliphatic heterocycles. The molecule has 0 heterocycles. The van der Waals surface area contributed by atoms with Crippen molar-refractivity contribution in [3.05, 3.63) is 165 Å². The van der Waals surface area contributed by atoms with Gasteiger partial charge in [-0.05, 0) is 73.2 Å². The van der Waals surface area contributed by atoms with Crippen LogP contribution in [0, 0.1) is 0 Å². The molecular weight excluding hydrogens is 757 g/mol. The fourth-order valence-corrected chi connectivity index (χ4v) is 9.26. The van der Waals surface area contributed by atoms with E-state index in [1.807, 2.05) is 121 Å². The first-order chi connectivity index (χ1) is 28.5. The normalized spacial score (nSPS) is 12.0. The van der Waals surface area contributed by atoms with Crippen LogP contribution in [0.5, 0.6) is 0 Å². The van der Waals surface area contributed by atoms with Crippen LogP contribution in [0.3, 0.4) is 0 Å². The number of allylic oxidation sites excluding steroid dienone is 4. The van der Waals surface area contributed by atoms with Gasteiger partial charge in [0.05, 0.1) is 13.1 Å². The minimum absolute atomic E-state index is 0.00980. The number of carbonyl (C=O) groups excluding carboxylic acids is 4. The Kier molecular flexibility index (Phi) is 21.5. The number of nitrogens with zero attached hydrogens (tertiary/aromatic N) is 2.